The molecular weight excluding hydrogens is 285 g/mol. The molecule has 0 saturated carbocycles. The lowest BCUT2D eigenvalue weighted by molar-refractivity contribution is 0.616. The molecule has 0 saturated heterocycles. The van der Waals surface area contributed by atoms with Gasteiger partial charge in [-0.05, 0) is 23.8 Å². The highest BCUT2D eigenvalue weighted by Crippen LogP contribution is 2.21. The van der Waals surface area contributed by atoms with E-state index in [-0.39, 0.29) is 12.0 Å². The second-order valence-corrected chi connectivity index (χ2v) is 4.98. The first kappa shape index (κ1) is 13.7. The first-order valence-electron chi connectivity index (χ1n) is 6.64. The number of nitrogens with zero attached hydrogens (tertiary/aromatic N) is 2. The number of benzene rings is 2. The van der Waals surface area contributed by atoms with E-state index in [1.165, 1.54) is 6.07 Å². The van der Waals surface area contributed by atoms with E-state index in [2.05, 4.69) is 10.5 Å². The largest absolute Gasteiger partial charge is 0.301 e. The van der Waals surface area contributed by atoms with Crippen molar-refractivity contribution in [1.82, 2.24) is 5.43 Å². The van der Waals surface area contributed by atoms with Gasteiger partial charge in [-0.15, -0.1) is 0 Å². The van der Waals surface area contributed by atoms with Crippen molar-refractivity contribution in [2.45, 2.75) is 12.6 Å². The molecule has 1 aliphatic rings. The molecule has 1 atom stereocenters. The summed E-state index contributed by atoms with van der Waals surface area (Å²) in [7, 11) is 0. The Hall–Kier alpha value is -2.27. The lowest BCUT2D eigenvalue weighted by atomic mass is 10.1. The van der Waals surface area contributed by atoms with Crippen molar-refractivity contribution in [2.75, 3.05) is 4.90 Å². The van der Waals surface area contributed by atoms with E-state index in [4.69, 9.17) is 12.2 Å². The van der Waals surface area contributed by atoms with E-state index in [1.54, 1.807) is 17.5 Å². The molecular formula is C16H14FN3S. The number of anilines is 1. The number of halogens is 1. The minimum Gasteiger partial charge on any atom is -0.301 e. The molecule has 0 aliphatic carbocycles. The quantitative estimate of drug-likeness (QED) is 0.879. The third-order valence-corrected chi connectivity index (χ3v) is 3.61. The molecule has 2 aromatic carbocycles. The highest BCUT2D eigenvalue weighted by atomic mass is 32.1. The first-order valence-corrected chi connectivity index (χ1v) is 7.12. The van der Waals surface area contributed by atoms with Crippen LogP contribution in [-0.4, -0.2) is 17.4 Å². The third kappa shape index (κ3) is 2.78. The number of thiocarbonyl (C=S) groups is 1. The fourth-order valence-electron chi connectivity index (χ4n) is 2.34. The highest BCUT2D eigenvalue weighted by molar-refractivity contribution is 7.79. The van der Waals surface area contributed by atoms with E-state index in [0.29, 0.717) is 12.0 Å². The Balaban J connectivity index is 1.90. The van der Waals surface area contributed by atoms with Gasteiger partial charge in [0.2, 0.25) is 0 Å². The van der Waals surface area contributed by atoms with Gasteiger partial charge < -0.3 is 4.90 Å². The zero-order valence-electron chi connectivity index (χ0n) is 11.2. The average Bonchev–Trinajstić information content (AvgIpc) is 2.93. The number of hydrogen-bond acceptors (Lipinski definition) is 4. The van der Waals surface area contributed by atoms with Gasteiger partial charge in [-0.2, -0.15) is 5.10 Å². The van der Waals surface area contributed by atoms with Gasteiger partial charge in [0.25, 0.3) is 0 Å². The van der Waals surface area contributed by atoms with Crippen LogP contribution in [0.25, 0.3) is 0 Å². The molecule has 5 heteroatoms. The maximum atomic E-state index is 13.8. The third-order valence-electron chi connectivity index (χ3n) is 3.35. The maximum Gasteiger partial charge on any atom is 0.150 e. The lowest BCUT2D eigenvalue weighted by Gasteiger charge is -2.24. The summed E-state index contributed by atoms with van der Waals surface area (Å²) in [5.41, 5.74) is 4.57. The van der Waals surface area contributed by atoms with Crippen molar-refractivity contribution >= 4 is 29.1 Å². The second kappa shape index (κ2) is 6.01. The van der Waals surface area contributed by atoms with Crippen LogP contribution in [0.3, 0.4) is 0 Å². The monoisotopic (exact) mass is 299 g/mol. The SMILES string of the molecule is Fc1ccccc1CC1=NNC(C=S)N1c1ccccc1. The molecule has 1 N–H and O–H groups in total. The van der Waals surface area contributed by atoms with E-state index in [9.17, 15) is 4.39 Å². The van der Waals surface area contributed by atoms with Crippen LogP contribution in [0.4, 0.5) is 10.1 Å². The molecule has 3 rings (SSSR count). The van der Waals surface area contributed by atoms with E-state index < -0.39 is 0 Å². The van der Waals surface area contributed by atoms with Gasteiger partial charge in [-0.3, -0.25) is 5.43 Å². The Labute approximate surface area is 128 Å². The van der Waals surface area contributed by atoms with Crippen LogP contribution >= 0.6 is 12.2 Å². The molecule has 21 heavy (non-hydrogen) atoms. The number of hydrogen-bond donors (Lipinski definition) is 1. The van der Waals surface area contributed by atoms with Gasteiger partial charge in [0, 0.05) is 17.5 Å². The van der Waals surface area contributed by atoms with Gasteiger partial charge >= 0.3 is 0 Å². The molecule has 2 aromatic rings. The second-order valence-electron chi connectivity index (χ2n) is 4.71. The van der Waals surface area contributed by atoms with Crippen LogP contribution in [0, 0.1) is 5.82 Å². The van der Waals surface area contributed by atoms with Crippen molar-refractivity contribution in [3.63, 3.8) is 0 Å². The van der Waals surface area contributed by atoms with Crippen LogP contribution < -0.4 is 10.3 Å². The summed E-state index contributed by atoms with van der Waals surface area (Å²) < 4.78 is 13.8. The Bertz CT molecular complexity index is 672. The number of rotatable bonds is 4. The van der Waals surface area contributed by atoms with Crippen LogP contribution in [0.15, 0.2) is 59.7 Å². The molecule has 1 unspecified atom stereocenters. The van der Waals surface area contributed by atoms with Crippen LogP contribution in [0.2, 0.25) is 0 Å². The van der Waals surface area contributed by atoms with Crippen LogP contribution in [0.5, 0.6) is 0 Å². The normalized spacial score (nSPS) is 17.3. The van der Waals surface area contributed by atoms with Gasteiger partial charge in [0.1, 0.15) is 17.8 Å². The predicted octanol–water partition coefficient (Wildman–Crippen LogP) is 3.12. The molecule has 0 bridgehead atoms. The predicted molar refractivity (Wildman–Crippen MR) is 87.0 cm³/mol. The van der Waals surface area contributed by atoms with Crippen molar-refractivity contribution in [2.24, 2.45) is 5.10 Å². The average molecular weight is 299 g/mol. The van der Waals surface area contributed by atoms with Crippen molar-refractivity contribution < 1.29 is 4.39 Å². The topological polar surface area (TPSA) is 27.6 Å². The smallest absolute Gasteiger partial charge is 0.150 e. The Kier molecular flexibility index (Phi) is 3.92. The zero-order chi connectivity index (χ0) is 14.7. The van der Waals surface area contributed by atoms with Gasteiger partial charge in [-0.25, -0.2) is 4.39 Å². The van der Waals surface area contributed by atoms with E-state index >= 15 is 0 Å². The minimum absolute atomic E-state index is 0.191. The summed E-state index contributed by atoms with van der Waals surface area (Å²) >= 11 is 5.06. The van der Waals surface area contributed by atoms with Crippen LogP contribution in [0.1, 0.15) is 5.56 Å². The molecule has 106 valence electrons. The lowest BCUT2D eigenvalue weighted by Crippen LogP contribution is -2.41. The van der Waals surface area contributed by atoms with Crippen LogP contribution in [-0.2, 0) is 6.42 Å². The summed E-state index contributed by atoms with van der Waals surface area (Å²) in [5, 5.41) is 5.93. The molecule has 1 aliphatic heterocycles. The minimum atomic E-state index is -0.223. The Morgan fingerprint density at radius 3 is 2.57 bits per heavy atom. The van der Waals surface area contributed by atoms with Crippen molar-refractivity contribution in [3.05, 3.63) is 66.0 Å². The molecule has 0 spiro atoms. The summed E-state index contributed by atoms with van der Waals surface area (Å²) in [6.45, 7) is 0. The summed E-state index contributed by atoms with van der Waals surface area (Å²) in [4.78, 5) is 1.99. The first-order chi connectivity index (χ1) is 10.3. The fraction of sp³-hybridized carbons (Fsp3) is 0.125. The summed E-state index contributed by atoms with van der Waals surface area (Å²) in [5.74, 6) is 0.524. The molecule has 0 aromatic heterocycles. The fourth-order valence-corrected chi connectivity index (χ4v) is 2.52. The Morgan fingerprint density at radius 2 is 1.86 bits per heavy atom. The highest BCUT2D eigenvalue weighted by Gasteiger charge is 2.27. The maximum absolute atomic E-state index is 13.8. The van der Waals surface area contributed by atoms with Crippen molar-refractivity contribution in [3.8, 4) is 0 Å². The summed E-state index contributed by atoms with van der Waals surface area (Å²) in [6.07, 6.45) is 0.220. The van der Waals surface area contributed by atoms with Gasteiger partial charge in [0.05, 0.1) is 0 Å². The van der Waals surface area contributed by atoms with Gasteiger partial charge in [0.15, 0.2) is 0 Å². The molecule has 1 heterocycles. The number of hydrazone groups is 1. The molecule has 0 radical (unpaired) electrons. The zero-order valence-corrected chi connectivity index (χ0v) is 12.1. The molecule has 3 nitrogen and oxygen atoms in total. The number of nitrogens with one attached hydrogen (secondary N) is 1. The number of amidine groups is 1. The van der Waals surface area contributed by atoms with Gasteiger partial charge in [-0.1, -0.05) is 48.6 Å². The summed E-state index contributed by atoms with van der Waals surface area (Å²) in [6, 6.07) is 16.6. The Morgan fingerprint density at radius 1 is 1.14 bits per heavy atom. The van der Waals surface area contributed by atoms with Crippen molar-refractivity contribution in [1.29, 1.82) is 0 Å². The standard InChI is InChI=1S/C16H14FN3S/c17-14-9-5-4-6-12(14)10-15-18-19-16(11-21)20(15)13-7-2-1-3-8-13/h1-9,11,16,19H,10H2. The molecule has 0 amide bonds. The van der Waals surface area contributed by atoms with E-state index in [1.807, 2.05) is 41.3 Å². The van der Waals surface area contributed by atoms with E-state index in [0.717, 1.165) is 11.5 Å². The molecule has 0 fully saturated rings. The number of para-hydroxylation sites is 1.